The second-order valence-electron chi connectivity index (χ2n) is 11.7. The van der Waals surface area contributed by atoms with Crippen molar-refractivity contribution >= 4 is 34.4 Å². The number of amides is 4. The lowest BCUT2D eigenvalue weighted by Crippen LogP contribution is -2.58. The van der Waals surface area contributed by atoms with E-state index in [0.717, 1.165) is 26.9 Å². The maximum atomic E-state index is 14.3. The van der Waals surface area contributed by atoms with Crippen LogP contribution in [0.25, 0.3) is 10.8 Å². The molecule has 0 fully saturated rings. The average Bonchev–Trinajstić information content (AvgIpc) is 2.96. The van der Waals surface area contributed by atoms with Crippen LogP contribution >= 0.6 is 0 Å². The van der Waals surface area contributed by atoms with E-state index in [-0.39, 0.29) is 18.7 Å². The third kappa shape index (κ3) is 9.51. The number of hydrazine groups is 1. The van der Waals surface area contributed by atoms with E-state index in [4.69, 9.17) is 5.73 Å². The third-order valence-corrected chi connectivity index (χ3v) is 7.28. The van der Waals surface area contributed by atoms with Gasteiger partial charge < -0.3 is 15.5 Å². The highest BCUT2D eigenvalue weighted by Gasteiger charge is 2.36. The molecule has 0 spiro atoms. The number of likely N-dealkylation sites (N-methyl/N-ethyl adjacent to an activating group) is 3. The Bertz CT molecular complexity index is 1460. The van der Waals surface area contributed by atoms with Crippen LogP contribution in [0.5, 0.6) is 0 Å². The zero-order valence-electron chi connectivity index (χ0n) is 25.9. The number of hydrogen-bond acceptors (Lipinski definition) is 5. The van der Waals surface area contributed by atoms with Crippen LogP contribution in [0.4, 0.5) is 0 Å². The molecule has 43 heavy (non-hydrogen) atoms. The molecule has 0 aliphatic carbocycles. The van der Waals surface area contributed by atoms with E-state index < -0.39 is 35.3 Å². The molecule has 0 saturated carbocycles. The molecule has 0 heterocycles. The first-order chi connectivity index (χ1) is 20.3. The summed E-state index contributed by atoms with van der Waals surface area (Å²) >= 11 is 0. The molecule has 9 nitrogen and oxygen atoms in total. The molecule has 0 radical (unpaired) electrons. The van der Waals surface area contributed by atoms with Crippen LogP contribution in [-0.4, -0.2) is 77.2 Å². The van der Waals surface area contributed by atoms with Crippen molar-refractivity contribution in [3.8, 4) is 0 Å². The standard InChI is InChI=1S/C34H43N5O4/c1-24(40)36-39(6)33(43)30(22-25-13-8-7-9-14-25)38(5)32(42)29(37(4)31(41)17-12-20-34(2,3)35)23-26-18-19-27-15-10-11-16-28(27)21-26/h7-19,21,29-30H,20,22-23,35H2,1-6H3,(H,36,40)/b17-12+/t29-,30?/m1/s1. The fourth-order valence-corrected chi connectivity index (χ4v) is 4.84. The molecule has 4 amide bonds. The summed E-state index contributed by atoms with van der Waals surface area (Å²) in [7, 11) is 4.61. The molecule has 9 heteroatoms. The summed E-state index contributed by atoms with van der Waals surface area (Å²) in [5.74, 6) is -1.62. The average molecular weight is 586 g/mol. The summed E-state index contributed by atoms with van der Waals surface area (Å²) in [6.07, 6.45) is 4.09. The molecule has 1 unspecified atom stereocenters. The van der Waals surface area contributed by atoms with Gasteiger partial charge >= 0.3 is 0 Å². The normalized spacial score (nSPS) is 12.9. The van der Waals surface area contributed by atoms with Crippen molar-refractivity contribution in [2.24, 2.45) is 5.73 Å². The highest BCUT2D eigenvalue weighted by molar-refractivity contribution is 5.95. The Morgan fingerprint density at radius 2 is 1.37 bits per heavy atom. The van der Waals surface area contributed by atoms with Crippen molar-refractivity contribution < 1.29 is 19.2 Å². The van der Waals surface area contributed by atoms with Gasteiger partial charge in [0.1, 0.15) is 12.1 Å². The van der Waals surface area contributed by atoms with Gasteiger partial charge in [-0.1, -0.05) is 78.9 Å². The Morgan fingerprint density at radius 3 is 2.00 bits per heavy atom. The smallest absolute Gasteiger partial charge is 0.263 e. The highest BCUT2D eigenvalue weighted by Crippen LogP contribution is 2.20. The zero-order chi connectivity index (χ0) is 31.7. The topological polar surface area (TPSA) is 116 Å². The molecule has 0 aromatic heterocycles. The Kier molecular flexibility index (Phi) is 11.2. The van der Waals surface area contributed by atoms with Gasteiger partial charge in [0.2, 0.25) is 17.7 Å². The van der Waals surface area contributed by atoms with Gasteiger partial charge in [-0.15, -0.1) is 0 Å². The number of hydrogen-bond donors (Lipinski definition) is 2. The number of nitrogens with two attached hydrogens (primary N) is 1. The first kappa shape index (κ1) is 33.0. The van der Waals surface area contributed by atoms with Crippen LogP contribution in [0.15, 0.2) is 84.9 Å². The van der Waals surface area contributed by atoms with Gasteiger partial charge in [0.25, 0.3) is 5.91 Å². The van der Waals surface area contributed by atoms with Gasteiger partial charge in [-0.2, -0.15) is 0 Å². The fraction of sp³-hybridized carbons (Fsp3) is 0.353. The second-order valence-corrected chi connectivity index (χ2v) is 11.7. The maximum Gasteiger partial charge on any atom is 0.263 e. The van der Waals surface area contributed by atoms with Gasteiger partial charge in [0.15, 0.2) is 0 Å². The maximum absolute atomic E-state index is 14.3. The lowest BCUT2D eigenvalue weighted by atomic mass is 9.98. The molecule has 3 aromatic rings. The number of nitrogens with one attached hydrogen (secondary N) is 1. The van der Waals surface area contributed by atoms with E-state index in [1.165, 1.54) is 29.8 Å². The van der Waals surface area contributed by atoms with Crippen molar-refractivity contribution in [3.63, 3.8) is 0 Å². The van der Waals surface area contributed by atoms with E-state index in [1.54, 1.807) is 20.2 Å². The first-order valence-corrected chi connectivity index (χ1v) is 14.3. The van der Waals surface area contributed by atoms with Crippen LogP contribution in [0.1, 0.15) is 38.3 Å². The van der Waals surface area contributed by atoms with E-state index >= 15 is 0 Å². The van der Waals surface area contributed by atoms with E-state index in [2.05, 4.69) is 5.43 Å². The van der Waals surface area contributed by atoms with Crippen molar-refractivity contribution in [1.29, 1.82) is 0 Å². The van der Waals surface area contributed by atoms with Crippen molar-refractivity contribution in [1.82, 2.24) is 20.2 Å². The largest absolute Gasteiger partial charge is 0.332 e. The number of carbonyl (C=O) groups excluding carboxylic acids is 4. The van der Waals surface area contributed by atoms with Gasteiger partial charge in [-0.05, 0) is 48.2 Å². The number of carbonyl (C=O) groups is 4. The van der Waals surface area contributed by atoms with Crippen LogP contribution in [-0.2, 0) is 32.0 Å². The summed E-state index contributed by atoms with van der Waals surface area (Å²) in [6.45, 7) is 5.05. The third-order valence-electron chi connectivity index (χ3n) is 7.28. The van der Waals surface area contributed by atoms with Gasteiger partial charge in [0.05, 0.1) is 0 Å². The molecule has 0 aliphatic heterocycles. The number of benzene rings is 3. The van der Waals surface area contributed by atoms with Crippen LogP contribution in [0.3, 0.4) is 0 Å². The Hall–Kier alpha value is -4.50. The summed E-state index contributed by atoms with van der Waals surface area (Å²) in [5.41, 5.74) is 9.80. The summed E-state index contributed by atoms with van der Waals surface area (Å²) in [4.78, 5) is 55.8. The number of rotatable bonds is 11. The molecule has 0 bridgehead atoms. The molecule has 2 atom stereocenters. The molecule has 228 valence electrons. The lowest BCUT2D eigenvalue weighted by Gasteiger charge is -2.35. The van der Waals surface area contributed by atoms with Crippen LogP contribution in [0, 0.1) is 0 Å². The SMILES string of the molecule is CC(=O)NN(C)C(=O)C(Cc1ccccc1)N(C)C(=O)[C@@H](Cc1ccc2ccccc2c1)N(C)C(=O)/C=C/CC(C)(C)N. The molecule has 3 rings (SSSR count). The minimum Gasteiger partial charge on any atom is -0.332 e. The molecule has 3 N–H and O–H groups in total. The zero-order valence-corrected chi connectivity index (χ0v) is 25.9. The molecule has 3 aromatic carbocycles. The highest BCUT2D eigenvalue weighted by atomic mass is 16.2. The molecular weight excluding hydrogens is 542 g/mol. The van der Waals surface area contributed by atoms with Gasteiger partial charge in [-0.25, -0.2) is 0 Å². The van der Waals surface area contributed by atoms with Gasteiger partial charge in [0, 0.05) is 46.4 Å². The quantitative estimate of drug-likeness (QED) is 0.264. The van der Waals surface area contributed by atoms with E-state index in [1.807, 2.05) is 86.6 Å². The number of fused-ring (bicyclic) bond motifs is 1. The Morgan fingerprint density at radius 1 is 0.791 bits per heavy atom. The Labute approximate surface area is 254 Å². The Balaban J connectivity index is 1.98. The van der Waals surface area contributed by atoms with E-state index in [0.29, 0.717) is 6.42 Å². The first-order valence-electron chi connectivity index (χ1n) is 14.3. The summed E-state index contributed by atoms with van der Waals surface area (Å²) in [6, 6.07) is 21.4. The van der Waals surface area contributed by atoms with Crippen LogP contribution in [0.2, 0.25) is 0 Å². The van der Waals surface area contributed by atoms with Gasteiger partial charge in [-0.3, -0.25) is 29.6 Å². The number of nitrogens with zero attached hydrogens (tertiary/aromatic N) is 3. The molecule has 0 saturated heterocycles. The summed E-state index contributed by atoms with van der Waals surface area (Å²) < 4.78 is 0. The van der Waals surface area contributed by atoms with E-state index in [9.17, 15) is 19.2 Å². The van der Waals surface area contributed by atoms with Crippen molar-refractivity contribution in [2.75, 3.05) is 21.1 Å². The van der Waals surface area contributed by atoms with Crippen LogP contribution < -0.4 is 11.2 Å². The fourth-order valence-electron chi connectivity index (χ4n) is 4.84. The second kappa shape index (κ2) is 14.6. The molecular formula is C34H43N5O4. The predicted molar refractivity (Wildman–Crippen MR) is 170 cm³/mol. The monoisotopic (exact) mass is 585 g/mol. The lowest BCUT2D eigenvalue weighted by molar-refractivity contribution is -0.151. The van der Waals surface area contributed by atoms with Crippen molar-refractivity contribution in [3.05, 3.63) is 96.1 Å². The summed E-state index contributed by atoms with van der Waals surface area (Å²) in [5, 5.41) is 3.19. The molecule has 0 aliphatic rings. The van der Waals surface area contributed by atoms with Crippen molar-refractivity contribution in [2.45, 2.75) is 57.7 Å². The minimum atomic E-state index is -0.942. The predicted octanol–water partition coefficient (Wildman–Crippen LogP) is 3.47. The minimum absolute atomic E-state index is 0.220.